The van der Waals surface area contributed by atoms with Crippen LogP contribution < -0.4 is 0 Å². The van der Waals surface area contributed by atoms with Crippen LogP contribution in [-0.2, 0) is 10.8 Å². The predicted molar refractivity (Wildman–Crippen MR) is 255 cm³/mol. The molecule has 8 heteroatoms. The molecule has 2 aromatic heterocycles. The van der Waals surface area contributed by atoms with Gasteiger partial charge in [0.1, 0.15) is 22.1 Å². The quantitative estimate of drug-likeness (QED) is 0.0457. The minimum atomic E-state index is -0.0488. The first-order valence-electron chi connectivity index (χ1n) is 22.6. The Morgan fingerprint density at radius 2 is 0.804 bits per heavy atom. The summed E-state index contributed by atoms with van der Waals surface area (Å²) in [4.78, 5) is 0. The number of rotatable bonds is 24. The Balaban J connectivity index is 1.46. The number of hydrogen-bond acceptors (Lipinski definition) is 6. The lowest BCUT2D eigenvalue weighted by Crippen LogP contribution is -2.27. The normalized spacial score (nSPS) is 14.8. The third-order valence-electron chi connectivity index (χ3n) is 13.6. The van der Waals surface area contributed by atoms with Crippen LogP contribution in [0.4, 0.5) is 0 Å². The highest BCUT2D eigenvalue weighted by atomic mass is 127. The SMILES string of the molecule is CCCCCCCC1(CCCCCCC)c2cc3c(cc2-c2c1cc(Br)c1nsnc21)C(CCCCCCC)(CCCCCCC)c1cc(I)c2nsnc2c1-3. The van der Waals surface area contributed by atoms with Gasteiger partial charge in [0, 0.05) is 30.0 Å². The van der Waals surface area contributed by atoms with E-state index in [2.05, 4.69) is 90.5 Å². The van der Waals surface area contributed by atoms with Crippen molar-refractivity contribution < 1.29 is 0 Å². The molecule has 0 spiro atoms. The lowest BCUT2D eigenvalue weighted by Gasteiger charge is -2.35. The van der Waals surface area contributed by atoms with Crippen LogP contribution in [0.5, 0.6) is 0 Å². The Labute approximate surface area is 368 Å². The lowest BCUT2D eigenvalue weighted by atomic mass is 9.68. The summed E-state index contributed by atoms with van der Waals surface area (Å²) in [6, 6.07) is 10.5. The highest BCUT2D eigenvalue weighted by Gasteiger charge is 2.49. The van der Waals surface area contributed by atoms with Crippen molar-refractivity contribution in [2.75, 3.05) is 0 Å². The van der Waals surface area contributed by atoms with E-state index in [-0.39, 0.29) is 10.8 Å². The third-order valence-corrected chi connectivity index (χ3v) is 16.1. The zero-order valence-electron chi connectivity index (χ0n) is 34.6. The van der Waals surface area contributed by atoms with E-state index < -0.39 is 0 Å². The molecule has 0 N–H and O–H groups in total. The second kappa shape index (κ2) is 19.7. The first-order valence-corrected chi connectivity index (χ1v) is 25.9. The standard InChI is InChI=1S/C48H64BrIN4S2/c1-5-9-13-17-21-25-47(26-22-18-14-10-6-2)35-30-34-36(29-33(35)41-37(47)31-39(49)43-45(41)53-55-51-43)48(27-23-19-15-11-7-3,28-24-20-16-12-8-4)38-32-40(50)44-46(42(34)38)54-56-52-44/h29-32H,5-28H2,1-4H3. The van der Waals surface area contributed by atoms with Gasteiger partial charge in [-0.25, -0.2) is 0 Å². The fourth-order valence-electron chi connectivity index (χ4n) is 10.7. The number of nitrogens with zero attached hydrogens (tertiary/aromatic N) is 4. The van der Waals surface area contributed by atoms with Crippen LogP contribution in [0.1, 0.15) is 204 Å². The number of halogens is 2. The Morgan fingerprint density at radius 3 is 1.23 bits per heavy atom. The first kappa shape index (κ1) is 42.6. The molecule has 0 atom stereocenters. The van der Waals surface area contributed by atoms with E-state index in [1.165, 1.54) is 215 Å². The highest BCUT2D eigenvalue weighted by molar-refractivity contribution is 14.1. The third kappa shape index (κ3) is 8.18. The van der Waals surface area contributed by atoms with E-state index in [0.717, 1.165) is 26.5 Å². The maximum absolute atomic E-state index is 5.13. The molecule has 0 saturated carbocycles. The van der Waals surface area contributed by atoms with Crippen LogP contribution in [0.3, 0.4) is 0 Å². The van der Waals surface area contributed by atoms with Gasteiger partial charge < -0.3 is 0 Å². The van der Waals surface area contributed by atoms with Gasteiger partial charge in [-0.05, 0) is 122 Å². The van der Waals surface area contributed by atoms with E-state index >= 15 is 0 Å². The molecule has 0 fully saturated rings. The van der Waals surface area contributed by atoms with E-state index in [1.54, 1.807) is 11.1 Å². The molecule has 7 rings (SSSR count). The Bertz CT molecular complexity index is 1910. The highest BCUT2D eigenvalue weighted by Crippen LogP contribution is 2.63. The number of aromatic nitrogens is 4. The molecule has 0 amide bonds. The Kier molecular flexibility index (Phi) is 15.0. The van der Waals surface area contributed by atoms with Gasteiger partial charge >= 0.3 is 0 Å². The first-order chi connectivity index (χ1) is 27.5. The maximum atomic E-state index is 5.13. The van der Waals surface area contributed by atoms with E-state index in [0.29, 0.717) is 0 Å². The average Bonchev–Trinajstić information content (AvgIpc) is 3.99. The number of fused-ring (bicyclic) bond motifs is 10. The monoisotopic (exact) mass is 966 g/mol. The summed E-state index contributed by atoms with van der Waals surface area (Å²) in [5, 5.41) is 0. The summed E-state index contributed by atoms with van der Waals surface area (Å²) < 4.78 is 22.4. The molecular weight excluding hydrogens is 903 g/mol. The predicted octanol–water partition coefficient (Wildman–Crippen LogP) is 17.0. The molecule has 0 radical (unpaired) electrons. The molecule has 2 aliphatic rings. The fourth-order valence-corrected chi connectivity index (χ4v) is 13.3. The Morgan fingerprint density at radius 1 is 0.446 bits per heavy atom. The molecule has 0 aliphatic heterocycles. The van der Waals surface area contributed by atoms with Crippen molar-refractivity contribution in [2.24, 2.45) is 0 Å². The number of benzene rings is 3. The molecule has 0 bridgehead atoms. The summed E-state index contributed by atoms with van der Waals surface area (Å²) >= 11 is 9.36. The molecule has 0 saturated heterocycles. The van der Waals surface area contributed by atoms with E-state index in [4.69, 9.17) is 17.5 Å². The average molecular weight is 968 g/mol. The van der Waals surface area contributed by atoms with Crippen molar-refractivity contribution in [3.05, 3.63) is 54.6 Å². The van der Waals surface area contributed by atoms with Gasteiger partial charge in [-0.3, -0.25) is 0 Å². The van der Waals surface area contributed by atoms with E-state index in [9.17, 15) is 0 Å². The molecule has 302 valence electrons. The van der Waals surface area contributed by atoms with Crippen molar-refractivity contribution in [1.82, 2.24) is 17.5 Å². The minimum Gasteiger partial charge on any atom is -0.172 e. The summed E-state index contributed by atoms with van der Waals surface area (Å²) in [6.07, 6.45) is 30.7. The zero-order valence-corrected chi connectivity index (χ0v) is 40.0. The second-order valence-electron chi connectivity index (χ2n) is 17.2. The summed E-state index contributed by atoms with van der Waals surface area (Å²) in [5.74, 6) is 0. The van der Waals surface area contributed by atoms with Crippen LogP contribution >= 0.6 is 62.0 Å². The minimum absolute atomic E-state index is 0.0314. The van der Waals surface area contributed by atoms with Crippen molar-refractivity contribution in [3.63, 3.8) is 0 Å². The molecule has 3 aromatic carbocycles. The zero-order chi connectivity index (χ0) is 39.1. The molecule has 2 heterocycles. The number of hydrogen-bond donors (Lipinski definition) is 0. The molecule has 56 heavy (non-hydrogen) atoms. The van der Waals surface area contributed by atoms with Gasteiger partial charge in [0.25, 0.3) is 0 Å². The van der Waals surface area contributed by atoms with Crippen LogP contribution in [-0.4, -0.2) is 17.5 Å². The van der Waals surface area contributed by atoms with Crippen molar-refractivity contribution in [3.8, 4) is 22.3 Å². The lowest BCUT2D eigenvalue weighted by molar-refractivity contribution is 0.395. The van der Waals surface area contributed by atoms with Crippen molar-refractivity contribution in [1.29, 1.82) is 0 Å². The Hall–Kier alpha value is -1.49. The van der Waals surface area contributed by atoms with Gasteiger partial charge in [0.2, 0.25) is 0 Å². The topological polar surface area (TPSA) is 51.6 Å². The van der Waals surface area contributed by atoms with Gasteiger partial charge in [-0.15, -0.1) is 0 Å². The largest absolute Gasteiger partial charge is 0.172 e. The fraction of sp³-hybridized carbons (Fsp3) is 0.625. The van der Waals surface area contributed by atoms with Crippen LogP contribution in [0.25, 0.3) is 44.3 Å². The summed E-state index contributed by atoms with van der Waals surface area (Å²) in [5.41, 5.74) is 16.1. The van der Waals surface area contributed by atoms with Crippen molar-refractivity contribution in [2.45, 2.75) is 193 Å². The molecular formula is C48H64BrIN4S2. The molecule has 2 aliphatic carbocycles. The molecule has 5 aromatic rings. The van der Waals surface area contributed by atoms with Gasteiger partial charge in [-0.2, -0.15) is 17.5 Å². The van der Waals surface area contributed by atoms with E-state index in [1.807, 2.05) is 0 Å². The summed E-state index contributed by atoms with van der Waals surface area (Å²) in [7, 11) is 0. The van der Waals surface area contributed by atoms with Gasteiger partial charge in [-0.1, -0.05) is 156 Å². The van der Waals surface area contributed by atoms with Crippen LogP contribution in [0.2, 0.25) is 0 Å². The molecule has 4 nitrogen and oxygen atoms in total. The molecule has 0 unspecified atom stereocenters. The van der Waals surface area contributed by atoms with Gasteiger partial charge in [0.15, 0.2) is 0 Å². The number of unbranched alkanes of at least 4 members (excludes halogenated alkanes) is 16. The van der Waals surface area contributed by atoms with Gasteiger partial charge in [0.05, 0.1) is 23.5 Å². The maximum Gasteiger partial charge on any atom is 0.119 e. The van der Waals surface area contributed by atoms with Crippen LogP contribution in [0.15, 0.2) is 28.7 Å². The van der Waals surface area contributed by atoms with Crippen molar-refractivity contribution >= 4 is 84.0 Å². The summed E-state index contributed by atoms with van der Waals surface area (Å²) in [6.45, 7) is 9.32. The second-order valence-corrected chi connectivity index (χ2v) is 20.3. The van der Waals surface area contributed by atoms with Crippen LogP contribution in [0, 0.1) is 3.57 Å². The smallest absolute Gasteiger partial charge is 0.119 e.